The highest BCUT2D eigenvalue weighted by atomic mass is 16.5. The molecule has 5 nitrogen and oxygen atoms in total. The van der Waals surface area contributed by atoms with Gasteiger partial charge in [0.25, 0.3) is 0 Å². The predicted molar refractivity (Wildman–Crippen MR) is 78.6 cm³/mol. The third-order valence-electron chi connectivity index (χ3n) is 5.45. The lowest BCUT2D eigenvalue weighted by molar-refractivity contribution is -0.139. The van der Waals surface area contributed by atoms with E-state index in [-0.39, 0.29) is 17.2 Å². The maximum atomic E-state index is 13.0. The third-order valence-corrected chi connectivity index (χ3v) is 5.45. The predicted octanol–water partition coefficient (Wildman–Crippen LogP) is 1.32. The lowest BCUT2D eigenvalue weighted by atomic mass is 9.93. The van der Waals surface area contributed by atoms with Gasteiger partial charge in [0.15, 0.2) is 0 Å². The Morgan fingerprint density at radius 3 is 2.62 bits per heavy atom. The number of ether oxygens (including phenoxy) is 1. The van der Waals surface area contributed by atoms with E-state index in [1.54, 1.807) is 7.11 Å². The van der Waals surface area contributed by atoms with Gasteiger partial charge in [-0.15, -0.1) is 0 Å². The van der Waals surface area contributed by atoms with Gasteiger partial charge in [-0.25, -0.2) is 0 Å². The standard InChI is InChI=1S/C16H26N2O3/c1-15(12-3-4-12)14(20)18(9-5-13(19)17-15)11-16(6-7-16)8-10-21-2/h12H,3-11H2,1-2H3,(H,17,19). The Labute approximate surface area is 126 Å². The molecule has 5 heteroatoms. The summed E-state index contributed by atoms with van der Waals surface area (Å²) >= 11 is 0. The summed E-state index contributed by atoms with van der Waals surface area (Å²) in [6.45, 7) is 4.01. The Balaban J connectivity index is 1.72. The average Bonchev–Trinajstić information content (AvgIpc) is 3.33. The molecule has 21 heavy (non-hydrogen) atoms. The van der Waals surface area contributed by atoms with Gasteiger partial charge in [-0.2, -0.15) is 0 Å². The number of hydrogen-bond donors (Lipinski definition) is 1. The summed E-state index contributed by atoms with van der Waals surface area (Å²) < 4.78 is 5.19. The molecule has 0 aromatic carbocycles. The van der Waals surface area contributed by atoms with Gasteiger partial charge in [-0.1, -0.05) is 0 Å². The maximum absolute atomic E-state index is 13.0. The monoisotopic (exact) mass is 294 g/mol. The van der Waals surface area contributed by atoms with E-state index in [4.69, 9.17) is 4.74 Å². The molecule has 2 amide bonds. The van der Waals surface area contributed by atoms with Crippen LogP contribution in [0.3, 0.4) is 0 Å². The Morgan fingerprint density at radius 2 is 2.05 bits per heavy atom. The fourth-order valence-corrected chi connectivity index (χ4v) is 3.55. The SMILES string of the molecule is COCCC1(CN2CCC(=O)NC(C)(C3CC3)C2=O)CC1. The van der Waals surface area contributed by atoms with E-state index < -0.39 is 5.54 Å². The molecule has 3 aliphatic rings. The van der Waals surface area contributed by atoms with Gasteiger partial charge in [0.05, 0.1) is 0 Å². The fourth-order valence-electron chi connectivity index (χ4n) is 3.55. The first-order valence-electron chi connectivity index (χ1n) is 8.08. The summed E-state index contributed by atoms with van der Waals surface area (Å²) in [5, 5.41) is 2.99. The van der Waals surface area contributed by atoms with Crippen molar-refractivity contribution in [3.8, 4) is 0 Å². The molecule has 3 rings (SSSR count). The van der Waals surface area contributed by atoms with Crippen LogP contribution in [0.1, 0.15) is 45.4 Å². The Hall–Kier alpha value is -1.10. The van der Waals surface area contributed by atoms with Gasteiger partial charge in [0.2, 0.25) is 11.8 Å². The number of amides is 2. The van der Waals surface area contributed by atoms with Crippen LogP contribution in [0.25, 0.3) is 0 Å². The zero-order valence-corrected chi connectivity index (χ0v) is 13.1. The quantitative estimate of drug-likeness (QED) is 0.804. The minimum atomic E-state index is -0.676. The normalized spacial score (nSPS) is 31.8. The molecule has 1 saturated heterocycles. The van der Waals surface area contributed by atoms with Crippen LogP contribution in [-0.4, -0.2) is 49.1 Å². The van der Waals surface area contributed by atoms with Crippen molar-refractivity contribution in [1.29, 1.82) is 0 Å². The second kappa shape index (κ2) is 5.27. The molecule has 3 fully saturated rings. The van der Waals surface area contributed by atoms with Gasteiger partial charge in [0.1, 0.15) is 5.54 Å². The van der Waals surface area contributed by atoms with Crippen LogP contribution in [0.4, 0.5) is 0 Å². The first-order chi connectivity index (χ1) is 9.99. The summed E-state index contributed by atoms with van der Waals surface area (Å²) in [5.41, 5.74) is -0.436. The third kappa shape index (κ3) is 2.93. The number of carbonyl (C=O) groups excluding carboxylic acids is 2. The average molecular weight is 294 g/mol. The number of hydrogen-bond acceptors (Lipinski definition) is 3. The van der Waals surface area contributed by atoms with Gasteiger partial charge < -0.3 is 15.0 Å². The van der Waals surface area contributed by atoms with Crippen LogP contribution in [0.2, 0.25) is 0 Å². The Kier molecular flexibility index (Phi) is 3.72. The van der Waals surface area contributed by atoms with Crippen molar-refractivity contribution < 1.29 is 14.3 Å². The van der Waals surface area contributed by atoms with E-state index in [0.29, 0.717) is 18.9 Å². The zero-order valence-electron chi connectivity index (χ0n) is 13.1. The van der Waals surface area contributed by atoms with Crippen LogP contribution in [-0.2, 0) is 14.3 Å². The number of carbonyl (C=O) groups is 2. The van der Waals surface area contributed by atoms with Crippen LogP contribution < -0.4 is 5.32 Å². The highest BCUT2D eigenvalue weighted by Gasteiger charge is 2.53. The van der Waals surface area contributed by atoms with E-state index in [1.807, 2.05) is 11.8 Å². The summed E-state index contributed by atoms with van der Waals surface area (Å²) in [6.07, 6.45) is 5.86. The number of nitrogens with zero attached hydrogens (tertiary/aromatic N) is 1. The molecule has 1 aliphatic heterocycles. The van der Waals surface area contributed by atoms with Crippen molar-refractivity contribution in [2.75, 3.05) is 26.8 Å². The molecule has 1 heterocycles. The zero-order chi connectivity index (χ0) is 15.1. The molecule has 1 unspecified atom stereocenters. The molecule has 1 atom stereocenters. The lowest BCUT2D eigenvalue weighted by Crippen LogP contribution is -2.57. The number of methoxy groups -OCH3 is 1. The molecule has 0 radical (unpaired) electrons. The van der Waals surface area contributed by atoms with Crippen molar-refractivity contribution in [2.24, 2.45) is 11.3 Å². The smallest absolute Gasteiger partial charge is 0.248 e. The summed E-state index contributed by atoms with van der Waals surface area (Å²) in [4.78, 5) is 26.9. The molecule has 2 aliphatic carbocycles. The topological polar surface area (TPSA) is 58.6 Å². The molecule has 0 aromatic rings. The van der Waals surface area contributed by atoms with Crippen molar-refractivity contribution in [3.05, 3.63) is 0 Å². The number of rotatable bonds is 6. The fraction of sp³-hybridized carbons (Fsp3) is 0.875. The molecule has 1 N–H and O–H groups in total. The molecule has 0 spiro atoms. The van der Waals surface area contributed by atoms with Gasteiger partial charge in [-0.05, 0) is 50.4 Å². The van der Waals surface area contributed by atoms with Crippen LogP contribution in [0.15, 0.2) is 0 Å². The molecule has 0 bridgehead atoms. The lowest BCUT2D eigenvalue weighted by Gasteiger charge is -2.34. The number of nitrogens with one attached hydrogen (secondary N) is 1. The molecule has 2 saturated carbocycles. The van der Waals surface area contributed by atoms with E-state index in [9.17, 15) is 9.59 Å². The van der Waals surface area contributed by atoms with E-state index >= 15 is 0 Å². The Bertz CT molecular complexity index is 443. The maximum Gasteiger partial charge on any atom is 0.248 e. The van der Waals surface area contributed by atoms with Gasteiger partial charge in [-0.3, -0.25) is 9.59 Å². The van der Waals surface area contributed by atoms with Gasteiger partial charge >= 0.3 is 0 Å². The summed E-state index contributed by atoms with van der Waals surface area (Å²) in [5.74, 6) is 0.463. The van der Waals surface area contributed by atoms with Crippen LogP contribution in [0, 0.1) is 11.3 Å². The molecule has 118 valence electrons. The van der Waals surface area contributed by atoms with Crippen molar-refractivity contribution in [2.45, 2.75) is 51.0 Å². The Morgan fingerprint density at radius 1 is 1.33 bits per heavy atom. The molecular formula is C16H26N2O3. The molecular weight excluding hydrogens is 268 g/mol. The minimum absolute atomic E-state index is 0.0157. The first kappa shape index (κ1) is 14.8. The van der Waals surface area contributed by atoms with Crippen molar-refractivity contribution >= 4 is 11.8 Å². The van der Waals surface area contributed by atoms with Crippen molar-refractivity contribution in [1.82, 2.24) is 10.2 Å². The largest absolute Gasteiger partial charge is 0.385 e. The highest BCUT2D eigenvalue weighted by molar-refractivity contribution is 5.93. The van der Waals surface area contributed by atoms with E-state index in [2.05, 4.69) is 5.32 Å². The first-order valence-corrected chi connectivity index (χ1v) is 8.08. The van der Waals surface area contributed by atoms with Gasteiger partial charge in [0, 0.05) is 33.2 Å². The van der Waals surface area contributed by atoms with E-state index in [1.165, 1.54) is 12.8 Å². The highest BCUT2D eigenvalue weighted by Crippen LogP contribution is 2.50. The summed E-state index contributed by atoms with van der Waals surface area (Å²) in [6, 6.07) is 0. The second-order valence-electron chi connectivity index (χ2n) is 7.24. The van der Waals surface area contributed by atoms with Crippen LogP contribution in [0.5, 0.6) is 0 Å². The van der Waals surface area contributed by atoms with Crippen molar-refractivity contribution in [3.63, 3.8) is 0 Å². The van der Waals surface area contributed by atoms with E-state index in [0.717, 1.165) is 32.4 Å². The second-order valence-corrected chi connectivity index (χ2v) is 7.24. The minimum Gasteiger partial charge on any atom is -0.385 e. The summed E-state index contributed by atoms with van der Waals surface area (Å²) in [7, 11) is 1.72. The molecule has 0 aromatic heterocycles. The van der Waals surface area contributed by atoms with Crippen LogP contribution >= 0.6 is 0 Å².